The van der Waals surface area contributed by atoms with Crippen LogP contribution in [0, 0.1) is 5.95 Å². The first-order valence-corrected chi connectivity index (χ1v) is 3.99. The van der Waals surface area contributed by atoms with Crippen molar-refractivity contribution in [2.24, 2.45) is 0 Å². The summed E-state index contributed by atoms with van der Waals surface area (Å²) in [7, 11) is 3.88. The number of nitrogens with zero attached hydrogens (tertiary/aromatic N) is 2. The molecule has 0 spiro atoms. The molecule has 1 N–H and O–H groups in total. The maximum Gasteiger partial charge on any atom is 0.240 e. The maximum atomic E-state index is 12.9. The number of halogens is 1. The van der Waals surface area contributed by atoms with Crippen LogP contribution in [0.5, 0.6) is 0 Å². The van der Waals surface area contributed by atoms with Crippen molar-refractivity contribution in [1.82, 2.24) is 10.2 Å². The minimum absolute atomic E-state index is 0.444. The molecule has 2 rings (SSSR count). The van der Waals surface area contributed by atoms with E-state index in [4.69, 9.17) is 0 Å². The number of hydrogen-bond acceptors (Lipinski definition) is 2. The lowest BCUT2D eigenvalue weighted by Gasteiger charge is -2.11. The van der Waals surface area contributed by atoms with E-state index in [0.717, 1.165) is 11.2 Å². The van der Waals surface area contributed by atoms with Crippen molar-refractivity contribution in [3.8, 4) is 0 Å². The fourth-order valence-electron chi connectivity index (χ4n) is 1.25. The van der Waals surface area contributed by atoms with Crippen LogP contribution in [0.2, 0.25) is 0 Å². The largest absolute Gasteiger partial charge is 0.378 e. The molecule has 0 unspecified atom stereocenters. The number of benzene rings is 1. The van der Waals surface area contributed by atoms with Crippen LogP contribution in [0.1, 0.15) is 0 Å². The molecule has 1 aromatic carbocycles. The number of nitrogens with one attached hydrogen (secondary N) is 1. The second-order valence-corrected chi connectivity index (χ2v) is 3.14. The van der Waals surface area contributed by atoms with E-state index in [9.17, 15) is 4.39 Å². The Morgan fingerprint density at radius 3 is 2.85 bits per heavy atom. The van der Waals surface area contributed by atoms with E-state index in [2.05, 4.69) is 10.2 Å². The van der Waals surface area contributed by atoms with E-state index < -0.39 is 5.95 Å². The summed E-state index contributed by atoms with van der Waals surface area (Å²) in [5.41, 5.74) is 1.75. The van der Waals surface area contributed by atoms with Gasteiger partial charge in [-0.05, 0) is 18.2 Å². The summed E-state index contributed by atoms with van der Waals surface area (Å²) in [5.74, 6) is -0.444. The van der Waals surface area contributed by atoms with Gasteiger partial charge >= 0.3 is 0 Å². The van der Waals surface area contributed by atoms with Crippen molar-refractivity contribution in [2.45, 2.75) is 0 Å². The van der Waals surface area contributed by atoms with Crippen molar-refractivity contribution < 1.29 is 4.39 Å². The normalized spacial score (nSPS) is 10.7. The minimum atomic E-state index is -0.444. The third-order valence-corrected chi connectivity index (χ3v) is 2.02. The highest BCUT2D eigenvalue weighted by Gasteiger charge is 2.05. The molecule has 0 aliphatic heterocycles. The van der Waals surface area contributed by atoms with Crippen LogP contribution in [0.25, 0.3) is 10.9 Å². The quantitative estimate of drug-likeness (QED) is 0.723. The smallest absolute Gasteiger partial charge is 0.240 e. The zero-order chi connectivity index (χ0) is 9.42. The molecule has 0 saturated heterocycles. The predicted octanol–water partition coefficient (Wildman–Crippen LogP) is 1.77. The minimum Gasteiger partial charge on any atom is -0.378 e. The molecule has 68 valence electrons. The Hall–Kier alpha value is -1.58. The number of aromatic amines is 1. The van der Waals surface area contributed by atoms with Gasteiger partial charge in [-0.25, -0.2) is 0 Å². The predicted molar refractivity (Wildman–Crippen MR) is 50.4 cm³/mol. The van der Waals surface area contributed by atoms with Gasteiger partial charge in [-0.2, -0.15) is 4.39 Å². The summed E-state index contributed by atoms with van der Waals surface area (Å²) in [4.78, 5) is 1.96. The first-order chi connectivity index (χ1) is 6.18. The first kappa shape index (κ1) is 8.04. The highest BCUT2D eigenvalue weighted by Crippen LogP contribution is 2.20. The van der Waals surface area contributed by atoms with Crippen LogP contribution in [0.15, 0.2) is 18.2 Å². The molecule has 1 aromatic heterocycles. The van der Waals surface area contributed by atoms with Gasteiger partial charge < -0.3 is 4.90 Å². The molecule has 0 saturated carbocycles. The van der Waals surface area contributed by atoms with Gasteiger partial charge in [0.2, 0.25) is 5.95 Å². The molecule has 2 aromatic rings. The Morgan fingerprint density at radius 2 is 2.15 bits per heavy atom. The van der Waals surface area contributed by atoms with Crippen molar-refractivity contribution in [1.29, 1.82) is 0 Å². The van der Waals surface area contributed by atoms with E-state index in [1.54, 1.807) is 6.07 Å². The average Bonchev–Trinajstić information content (AvgIpc) is 2.47. The fraction of sp³-hybridized carbons (Fsp3) is 0.222. The van der Waals surface area contributed by atoms with Crippen molar-refractivity contribution in [3.63, 3.8) is 0 Å². The Bertz CT molecular complexity index is 433. The van der Waals surface area contributed by atoms with Crippen LogP contribution in [-0.4, -0.2) is 24.3 Å². The van der Waals surface area contributed by atoms with Crippen LogP contribution >= 0.6 is 0 Å². The SMILES string of the molecule is CN(C)c1ccc2c(F)n[nH]c2c1. The summed E-state index contributed by atoms with van der Waals surface area (Å²) in [6, 6.07) is 5.45. The highest BCUT2D eigenvalue weighted by molar-refractivity contribution is 5.82. The standard InChI is InChI=1S/C9H10FN3/c1-13(2)6-3-4-7-8(5-6)11-12-9(7)10/h3-5H,1-2H3,(H,11,12). The average molecular weight is 179 g/mol. The molecule has 0 radical (unpaired) electrons. The van der Waals surface area contributed by atoms with E-state index >= 15 is 0 Å². The van der Waals surface area contributed by atoms with Crippen LogP contribution in [0.3, 0.4) is 0 Å². The number of rotatable bonds is 1. The molecule has 0 fully saturated rings. The summed E-state index contributed by atoms with van der Waals surface area (Å²) in [5, 5.41) is 6.65. The molecular weight excluding hydrogens is 169 g/mol. The van der Waals surface area contributed by atoms with Gasteiger partial charge in [-0.1, -0.05) is 0 Å². The number of aromatic nitrogens is 2. The van der Waals surface area contributed by atoms with Crippen LogP contribution in [0.4, 0.5) is 10.1 Å². The first-order valence-electron chi connectivity index (χ1n) is 3.99. The zero-order valence-electron chi connectivity index (χ0n) is 7.50. The molecule has 3 nitrogen and oxygen atoms in total. The van der Waals surface area contributed by atoms with Gasteiger partial charge in [0.1, 0.15) is 0 Å². The van der Waals surface area contributed by atoms with Crippen LogP contribution in [-0.2, 0) is 0 Å². The Labute approximate surface area is 75.2 Å². The molecule has 4 heteroatoms. The topological polar surface area (TPSA) is 31.9 Å². The lowest BCUT2D eigenvalue weighted by Crippen LogP contribution is -2.07. The molecule has 0 atom stereocenters. The zero-order valence-corrected chi connectivity index (χ0v) is 7.50. The summed E-state index contributed by atoms with van der Waals surface area (Å²) in [6.07, 6.45) is 0. The number of anilines is 1. The third-order valence-electron chi connectivity index (χ3n) is 2.02. The lowest BCUT2D eigenvalue weighted by molar-refractivity contribution is 0.588. The second-order valence-electron chi connectivity index (χ2n) is 3.14. The summed E-state index contributed by atoms with van der Waals surface area (Å²) >= 11 is 0. The Kier molecular flexibility index (Phi) is 1.69. The second kappa shape index (κ2) is 2.73. The highest BCUT2D eigenvalue weighted by atomic mass is 19.1. The molecule has 13 heavy (non-hydrogen) atoms. The molecular formula is C9H10FN3. The van der Waals surface area contributed by atoms with Crippen molar-refractivity contribution in [2.75, 3.05) is 19.0 Å². The van der Waals surface area contributed by atoms with Gasteiger partial charge in [0.15, 0.2) is 0 Å². The molecule has 0 amide bonds. The third kappa shape index (κ3) is 1.24. The number of hydrogen-bond donors (Lipinski definition) is 1. The van der Waals surface area contributed by atoms with Crippen LogP contribution < -0.4 is 4.90 Å². The molecule has 0 aliphatic rings. The van der Waals surface area contributed by atoms with Gasteiger partial charge in [-0.3, -0.25) is 5.10 Å². The van der Waals surface area contributed by atoms with Gasteiger partial charge in [0, 0.05) is 19.8 Å². The molecule has 0 aliphatic carbocycles. The Balaban J connectivity index is 2.63. The van der Waals surface area contributed by atoms with Crippen molar-refractivity contribution in [3.05, 3.63) is 24.1 Å². The number of H-pyrrole nitrogens is 1. The van der Waals surface area contributed by atoms with Crippen molar-refractivity contribution >= 4 is 16.6 Å². The lowest BCUT2D eigenvalue weighted by atomic mass is 10.2. The molecule has 1 heterocycles. The van der Waals surface area contributed by atoms with Gasteiger partial charge in [-0.15, -0.1) is 5.10 Å². The number of fused-ring (bicyclic) bond motifs is 1. The van der Waals surface area contributed by atoms with Gasteiger partial charge in [0.05, 0.1) is 10.9 Å². The van der Waals surface area contributed by atoms with E-state index in [1.807, 2.05) is 31.1 Å². The monoisotopic (exact) mass is 179 g/mol. The Morgan fingerprint density at radius 1 is 1.38 bits per heavy atom. The molecule has 0 bridgehead atoms. The summed E-state index contributed by atoms with van der Waals surface area (Å²) in [6.45, 7) is 0. The van der Waals surface area contributed by atoms with E-state index in [-0.39, 0.29) is 0 Å². The fourth-order valence-corrected chi connectivity index (χ4v) is 1.25. The maximum absolute atomic E-state index is 12.9. The van der Waals surface area contributed by atoms with E-state index in [0.29, 0.717) is 5.39 Å². The summed E-state index contributed by atoms with van der Waals surface area (Å²) < 4.78 is 12.9. The van der Waals surface area contributed by atoms with Gasteiger partial charge in [0.25, 0.3) is 0 Å². The van der Waals surface area contributed by atoms with E-state index in [1.165, 1.54) is 0 Å².